The van der Waals surface area contributed by atoms with Crippen molar-refractivity contribution in [2.75, 3.05) is 0 Å². The summed E-state index contributed by atoms with van der Waals surface area (Å²) in [6.07, 6.45) is 2.63. The minimum absolute atomic E-state index is 0.0425. The third-order valence-electron chi connectivity index (χ3n) is 1.79. The molecule has 0 aliphatic carbocycles. The van der Waals surface area contributed by atoms with Crippen molar-refractivity contribution in [1.29, 1.82) is 5.26 Å². The summed E-state index contributed by atoms with van der Waals surface area (Å²) in [7, 11) is 0. The molecule has 0 unspecified atom stereocenters. The number of benzene rings is 1. The lowest BCUT2D eigenvalue weighted by Gasteiger charge is -2.04. The lowest BCUT2D eigenvalue weighted by Crippen LogP contribution is -1.92. The summed E-state index contributed by atoms with van der Waals surface area (Å²) >= 11 is 0. The largest absolute Gasteiger partial charge is 0.451 e. The maximum atomic E-state index is 13.2. The normalized spacial score (nSPS) is 9.50. The van der Waals surface area contributed by atoms with Gasteiger partial charge < -0.3 is 4.74 Å². The molecule has 2 rings (SSSR count). The molecular weight excluding hydrogens is 209 g/mol. The Morgan fingerprint density at radius 3 is 2.50 bits per heavy atom. The van der Waals surface area contributed by atoms with Crippen LogP contribution in [0.15, 0.2) is 36.7 Å². The van der Waals surface area contributed by atoms with Crippen LogP contribution in [0.1, 0.15) is 5.82 Å². The smallest absolute Gasteiger partial charge is 0.232 e. The Morgan fingerprint density at radius 1 is 1.19 bits per heavy atom. The minimum atomic E-state index is -0.466. The minimum Gasteiger partial charge on any atom is -0.451 e. The van der Waals surface area contributed by atoms with Gasteiger partial charge in [0.05, 0.1) is 12.4 Å². The second-order valence-electron chi connectivity index (χ2n) is 2.89. The zero-order valence-electron chi connectivity index (χ0n) is 8.09. The Labute approximate surface area is 91.0 Å². The first-order valence-electron chi connectivity index (χ1n) is 4.44. The van der Waals surface area contributed by atoms with E-state index in [9.17, 15) is 4.39 Å². The molecule has 1 aromatic heterocycles. The third kappa shape index (κ3) is 2.12. The van der Waals surface area contributed by atoms with Crippen LogP contribution in [-0.4, -0.2) is 9.97 Å². The molecule has 0 aliphatic heterocycles. The quantitative estimate of drug-likeness (QED) is 0.771. The molecule has 0 spiro atoms. The summed E-state index contributed by atoms with van der Waals surface area (Å²) < 4.78 is 18.4. The Kier molecular flexibility index (Phi) is 2.74. The maximum Gasteiger partial charge on any atom is 0.232 e. The SMILES string of the molecule is N#Cc1ncc(Oc2ccccc2F)cn1. The van der Waals surface area contributed by atoms with Crippen LogP contribution in [0.4, 0.5) is 4.39 Å². The van der Waals surface area contributed by atoms with Crippen LogP contribution in [0, 0.1) is 17.1 Å². The molecule has 0 saturated heterocycles. The van der Waals surface area contributed by atoms with Gasteiger partial charge in [0.2, 0.25) is 5.82 Å². The fraction of sp³-hybridized carbons (Fsp3) is 0. The van der Waals surface area contributed by atoms with Crippen molar-refractivity contribution in [3.8, 4) is 17.6 Å². The highest BCUT2D eigenvalue weighted by molar-refractivity contribution is 5.29. The monoisotopic (exact) mass is 215 g/mol. The second kappa shape index (κ2) is 4.36. The lowest BCUT2D eigenvalue weighted by atomic mass is 10.3. The zero-order valence-corrected chi connectivity index (χ0v) is 8.09. The molecule has 4 nitrogen and oxygen atoms in total. The van der Waals surface area contributed by atoms with Crippen LogP contribution in [0.5, 0.6) is 11.5 Å². The highest BCUT2D eigenvalue weighted by atomic mass is 19.1. The molecule has 0 amide bonds. The number of ether oxygens (including phenoxy) is 1. The van der Waals surface area contributed by atoms with Gasteiger partial charge in [-0.1, -0.05) is 12.1 Å². The van der Waals surface area contributed by atoms with Crippen molar-refractivity contribution in [2.24, 2.45) is 0 Å². The van der Waals surface area contributed by atoms with Crippen LogP contribution in [-0.2, 0) is 0 Å². The molecule has 1 heterocycles. The summed E-state index contributed by atoms with van der Waals surface area (Å²) in [5.74, 6) is -0.0485. The van der Waals surface area contributed by atoms with E-state index in [1.54, 1.807) is 18.2 Å². The predicted octanol–water partition coefficient (Wildman–Crippen LogP) is 2.28. The molecular formula is C11H6FN3O. The Balaban J connectivity index is 2.22. The van der Waals surface area contributed by atoms with Gasteiger partial charge in [-0.25, -0.2) is 14.4 Å². The van der Waals surface area contributed by atoms with E-state index in [2.05, 4.69) is 9.97 Å². The predicted molar refractivity (Wildman–Crippen MR) is 53.2 cm³/mol. The molecule has 5 heteroatoms. The average molecular weight is 215 g/mol. The molecule has 0 fully saturated rings. The molecule has 78 valence electrons. The summed E-state index contributed by atoms with van der Waals surface area (Å²) in [6.45, 7) is 0. The van der Waals surface area contributed by atoms with Gasteiger partial charge in [-0.15, -0.1) is 0 Å². The van der Waals surface area contributed by atoms with E-state index in [0.717, 1.165) is 0 Å². The van der Waals surface area contributed by atoms with E-state index >= 15 is 0 Å². The van der Waals surface area contributed by atoms with E-state index in [-0.39, 0.29) is 17.3 Å². The Bertz CT molecular complexity index is 534. The summed E-state index contributed by atoms with van der Waals surface area (Å²) in [4.78, 5) is 7.41. The topological polar surface area (TPSA) is 58.8 Å². The molecule has 2 aromatic rings. The standard InChI is InChI=1S/C11H6FN3O/c12-9-3-1-2-4-10(9)16-8-6-14-11(5-13)15-7-8/h1-4,6-7H. The first-order valence-corrected chi connectivity index (χ1v) is 4.44. The van der Waals surface area contributed by atoms with Crippen molar-refractivity contribution in [2.45, 2.75) is 0 Å². The fourth-order valence-corrected chi connectivity index (χ4v) is 1.08. The van der Waals surface area contributed by atoms with Crippen molar-refractivity contribution in [1.82, 2.24) is 9.97 Å². The zero-order chi connectivity index (χ0) is 11.4. The number of aromatic nitrogens is 2. The van der Waals surface area contributed by atoms with Gasteiger partial charge in [0.1, 0.15) is 6.07 Å². The number of nitriles is 1. The van der Waals surface area contributed by atoms with E-state index in [1.807, 2.05) is 0 Å². The first kappa shape index (κ1) is 10.1. The highest BCUT2D eigenvalue weighted by Gasteiger charge is 2.04. The molecule has 0 bridgehead atoms. The van der Waals surface area contributed by atoms with Crippen molar-refractivity contribution in [3.63, 3.8) is 0 Å². The Hall–Kier alpha value is -2.48. The van der Waals surface area contributed by atoms with Gasteiger partial charge in [-0.2, -0.15) is 5.26 Å². The third-order valence-corrected chi connectivity index (χ3v) is 1.79. The van der Waals surface area contributed by atoms with Crippen molar-refractivity contribution < 1.29 is 9.13 Å². The number of nitrogens with zero attached hydrogens (tertiary/aromatic N) is 3. The average Bonchev–Trinajstić information content (AvgIpc) is 2.33. The van der Waals surface area contributed by atoms with E-state index < -0.39 is 5.82 Å². The van der Waals surface area contributed by atoms with E-state index in [0.29, 0.717) is 0 Å². The summed E-state index contributed by atoms with van der Waals surface area (Å²) in [6, 6.07) is 7.79. The summed E-state index contributed by atoms with van der Waals surface area (Å²) in [5.41, 5.74) is 0. The molecule has 16 heavy (non-hydrogen) atoms. The summed E-state index contributed by atoms with van der Waals surface area (Å²) in [5, 5.41) is 8.49. The van der Waals surface area contributed by atoms with Crippen LogP contribution in [0.25, 0.3) is 0 Å². The van der Waals surface area contributed by atoms with Crippen LogP contribution >= 0.6 is 0 Å². The van der Waals surface area contributed by atoms with Crippen molar-refractivity contribution in [3.05, 3.63) is 48.3 Å². The van der Waals surface area contributed by atoms with Gasteiger partial charge in [-0.05, 0) is 12.1 Å². The van der Waals surface area contributed by atoms with Crippen molar-refractivity contribution >= 4 is 0 Å². The molecule has 0 N–H and O–H groups in total. The number of hydrogen-bond acceptors (Lipinski definition) is 4. The Morgan fingerprint density at radius 2 is 1.88 bits per heavy atom. The van der Waals surface area contributed by atoms with E-state index in [1.165, 1.54) is 24.5 Å². The van der Waals surface area contributed by atoms with Gasteiger partial charge >= 0.3 is 0 Å². The molecule has 0 saturated carbocycles. The number of rotatable bonds is 2. The van der Waals surface area contributed by atoms with Crippen LogP contribution in [0.2, 0.25) is 0 Å². The fourth-order valence-electron chi connectivity index (χ4n) is 1.08. The highest BCUT2D eigenvalue weighted by Crippen LogP contribution is 2.22. The lowest BCUT2D eigenvalue weighted by molar-refractivity contribution is 0.438. The maximum absolute atomic E-state index is 13.2. The number of hydrogen-bond donors (Lipinski definition) is 0. The number of para-hydroxylation sites is 1. The van der Waals surface area contributed by atoms with Crippen LogP contribution < -0.4 is 4.74 Å². The second-order valence-corrected chi connectivity index (χ2v) is 2.89. The molecule has 0 radical (unpaired) electrons. The van der Waals surface area contributed by atoms with Gasteiger partial charge in [-0.3, -0.25) is 0 Å². The number of halogens is 1. The molecule has 1 aromatic carbocycles. The molecule has 0 aliphatic rings. The van der Waals surface area contributed by atoms with Gasteiger partial charge in [0, 0.05) is 0 Å². The molecule has 0 atom stereocenters. The first-order chi connectivity index (χ1) is 7.79. The van der Waals surface area contributed by atoms with Gasteiger partial charge in [0.25, 0.3) is 0 Å². The van der Waals surface area contributed by atoms with E-state index in [4.69, 9.17) is 10.00 Å². The van der Waals surface area contributed by atoms with Gasteiger partial charge in [0.15, 0.2) is 17.3 Å². The van der Waals surface area contributed by atoms with Crippen LogP contribution in [0.3, 0.4) is 0 Å².